The molecular weight excluding hydrogens is 386 g/mol. The molecule has 6 nitrogen and oxygen atoms in total. The summed E-state index contributed by atoms with van der Waals surface area (Å²) in [5.74, 6) is 0.0836. The smallest absolute Gasteiger partial charge is 0.277 e. The minimum atomic E-state index is -3.36. The van der Waals surface area contributed by atoms with E-state index in [9.17, 15) is 13.2 Å². The van der Waals surface area contributed by atoms with Crippen molar-refractivity contribution in [2.75, 3.05) is 39.8 Å². The fourth-order valence-electron chi connectivity index (χ4n) is 3.58. The molecule has 7 heteroatoms. The number of carbonyl (C=O) groups excluding carboxylic acids is 1. The van der Waals surface area contributed by atoms with Crippen LogP contribution in [0.5, 0.6) is 0 Å². The van der Waals surface area contributed by atoms with Gasteiger partial charge in [-0.05, 0) is 12.5 Å². The van der Waals surface area contributed by atoms with Crippen molar-refractivity contribution in [1.82, 2.24) is 9.21 Å². The van der Waals surface area contributed by atoms with Gasteiger partial charge in [0.15, 0.2) is 6.54 Å². The summed E-state index contributed by atoms with van der Waals surface area (Å²) in [5.41, 5.74) is 3.22. The lowest BCUT2D eigenvalue weighted by Crippen LogP contribution is -3.09. The Hall–Kier alpha value is -2.22. The van der Waals surface area contributed by atoms with E-state index in [0.29, 0.717) is 32.7 Å². The van der Waals surface area contributed by atoms with E-state index in [4.69, 9.17) is 0 Å². The molecule has 0 aliphatic carbocycles. The van der Waals surface area contributed by atoms with Crippen molar-refractivity contribution in [3.63, 3.8) is 0 Å². The van der Waals surface area contributed by atoms with Crippen LogP contribution in [-0.2, 0) is 27.1 Å². The zero-order valence-corrected chi connectivity index (χ0v) is 18.0. The maximum atomic E-state index is 12.7. The molecule has 0 spiro atoms. The van der Waals surface area contributed by atoms with Gasteiger partial charge in [0.25, 0.3) is 5.91 Å². The Morgan fingerprint density at radius 1 is 0.931 bits per heavy atom. The largest absolute Gasteiger partial charge is 0.335 e. The highest BCUT2D eigenvalue weighted by molar-refractivity contribution is 7.88. The number of nitrogens with one attached hydrogen (secondary N) is 1. The van der Waals surface area contributed by atoms with Gasteiger partial charge >= 0.3 is 0 Å². The van der Waals surface area contributed by atoms with Gasteiger partial charge in [-0.2, -0.15) is 4.31 Å². The Bertz CT molecular complexity index is 906. The normalized spacial score (nSPS) is 16.6. The fraction of sp³-hybridized carbons (Fsp3) is 0.409. The fourth-order valence-corrected chi connectivity index (χ4v) is 5.09. The number of rotatable bonds is 7. The van der Waals surface area contributed by atoms with Gasteiger partial charge in [-0.25, -0.2) is 8.42 Å². The zero-order valence-electron chi connectivity index (χ0n) is 17.2. The third-order valence-corrected chi connectivity index (χ3v) is 7.11. The van der Waals surface area contributed by atoms with Crippen LogP contribution < -0.4 is 4.90 Å². The summed E-state index contributed by atoms with van der Waals surface area (Å²) in [7, 11) is -1.35. The van der Waals surface area contributed by atoms with Crippen LogP contribution in [0.3, 0.4) is 0 Å². The first-order valence-corrected chi connectivity index (χ1v) is 11.6. The second-order valence-electron chi connectivity index (χ2n) is 7.82. The lowest BCUT2D eigenvalue weighted by molar-refractivity contribution is -0.885. The Morgan fingerprint density at radius 2 is 1.55 bits per heavy atom. The molecule has 1 saturated heterocycles. The molecule has 2 aromatic carbocycles. The van der Waals surface area contributed by atoms with Gasteiger partial charge in [-0.3, -0.25) is 4.79 Å². The van der Waals surface area contributed by atoms with E-state index < -0.39 is 10.0 Å². The molecule has 0 radical (unpaired) electrons. The van der Waals surface area contributed by atoms with Crippen LogP contribution in [0, 0.1) is 6.92 Å². The number of hydrogen-bond donors (Lipinski definition) is 1. The number of amides is 1. The summed E-state index contributed by atoms with van der Waals surface area (Å²) in [6.45, 7) is 4.87. The van der Waals surface area contributed by atoms with Crippen molar-refractivity contribution in [2.45, 2.75) is 19.2 Å². The van der Waals surface area contributed by atoms with Crippen LogP contribution in [-0.4, -0.2) is 63.3 Å². The van der Waals surface area contributed by atoms with E-state index >= 15 is 0 Å². The van der Waals surface area contributed by atoms with Gasteiger partial charge in [-0.1, -0.05) is 60.2 Å². The summed E-state index contributed by atoms with van der Waals surface area (Å²) in [6, 6.07) is 17.6. The SMILES string of the molecule is Cc1ccc(C[NH+](C)CC(=O)N2CCN(S(=O)(=O)Cc3ccccc3)CC2)cc1. The van der Waals surface area contributed by atoms with Crippen molar-refractivity contribution in [3.8, 4) is 0 Å². The molecule has 1 heterocycles. The first kappa shape index (κ1) is 21.5. The van der Waals surface area contributed by atoms with Gasteiger partial charge in [0.1, 0.15) is 6.54 Å². The zero-order chi connectivity index (χ0) is 20.9. The van der Waals surface area contributed by atoms with Crippen LogP contribution in [0.15, 0.2) is 54.6 Å². The highest BCUT2D eigenvalue weighted by Gasteiger charge is 2.29. The van der Waals surface area contributed by atoms with E-state index in [0.717, 1.165) is 17.0 Å². The molecule has 1 atom stereocenters. The molecule has 1 N–H and O–H groups in total. The highest BCUT2D eigenvalue weighted by atomic mass is 32.2. The molecule has 1 aliphatic heterocycles. The molecule has 3 rings (SSSR count). The second kappa shape index (κ2) is 9.52. The number of aryl methyl sites for hydroxylation is 1. The molecule has 0 saturated carbocycles. The maximum Gasteiger partial charge on any atom is 0.277 e. The van der Waals surface area contributed by atoms with Gasteiger partial charge in [0.2, 0.25) is 10.0 Å². The third kappa shape index (κ3) is 6.13. The molecule has 2 aromatic rings. The Labute approximate surface area is 173 Å². The summed E-state index contributed by atoms with van der Waals surface area (Å²) in [6.07, 6.45) is 0. The Morgan fingerprint density at radius 3 is 2.17 bits per heavy atom. The van der Waals surface area contributed by atoms with E-state index in [1.54, 1.807) is 4.90 Å². The average Bonchev–Trinajstić information content (AvgIpc) is 2.70. The summed E-state index contributed by atoms with van der Waals surface area (Å²) < 4.78 is 26.8. The first-order valence-electron chi connectivity index (χ1n) is 10.00. The van der Waals surface area contributed by atoms with Crippen molar-refractivity contribution in [2.24, 2.45) is 0 Å². The van der Waals surface area contributed by atoms with Crippen LogP contribution in [0.25, 0.3) is 0 Å². The van der Waals surface area contributed by atoms with Crippen molar-refractivity contribution < 1.29 is 18.1 Å². The van der Waals surface area contributed by atoms with Gasteiger partial charge in [0, 0.05) is 31.7 Å². The molecule has 156 valence electrons. The summed E-state index contributed by atoms with van der Waals surface area (Å²) in [5, 5.41) is 0. The highest BCUT2D eigenvalue weighted by Crippen LogP contribution is 2.13. The molecule has 0 bridgehead atoms. The van der Waals surface area contributed by atoms with Crippen molar-refractivity contribution in [1.29, 1.82) is 0 Å². The van der Waals surface area contributed by atoms with E-state index in [1.165, 1.54) is 15.4 Å². The number of likely N-dealkylation sites (N-methyl/N-ethyl adjacent to an activating group) is 1. The summed E-state index contributed by atoms with van der Waals surface area (Å²) in [4.78, 5) is 15.5. The lowest BCUT2D eigenvalue weighted by atomic mass is 10.1. The standard InChI is InChI=1S/C22H29N3O3S/c1-19-8-10-20(11-9-19)16-23(2)17-22(26)24-12-14-25(15-13-24)29(27,28)18-21-6-4-3-5-7-21/h3-11H,12-18H2,1-2H3/p+1. The van der Waals surface area contributed by atoms with Crippen molar-refractivity contribution in [3.05, 3.63) is 71.3 Å². The lowest BCUT2D eigenvalue weighted by Gasteiger charge is -2.34. The number of benzene rings is 2. The molecule has 1 aliphatic rings. The minimum absolute atomic E-state index is 0.00518. The van der Waals surface area contributed by atoms with Crippen molar-refractivity contribution >= 4 is 15.9 Å². The number of quaternary nitrogens is 1. The van der Waals surface area contributed by atoms with Crippen LogP contribution in [0.4, 0.5) is 0 Å². The van der Waals surface area contributed by atoms with Gasteiger partial charge < -0.3 is 9.80 Å². The quantitative estimate of drug-likeness (QED) is 0.722. The molecule has 29 heavy (non-hydrogen) atoms. The average molecular weight is 417 g/mol. The molecule has 1 amide bonds. The van der Waals surface area contributed by atoms with Crippen LogP contribution in [0.2, 0.25) is 0 Å². The summed E-state index contributed by atoms with van der Waals surface area (Å²) >= 11 is 0. The van der Waals surface area contributed by atoms with Crippen LogP contribution >= 0.6 is 0 Å². The third-order valence-electron chi connectivity index (χ3n) is 5.26. The number of nitrogens with zero attached hydrogens (tertiary/aromatic N) is 2. The molecule has 1 unspecified atom stereocenters. The van der Waals surface area contributed by atoms with E-state index in [-0.39, 0.29) is 11.7 Å². The Balaban J connectivity index is 1.48. The minimum Gasteiger partial charge on any atom is -0.335 e. The Kier molecular flexibility index (Phi) is 7.05. The first-order chi connectivity index (χ1) is 13.8. The predicted molar refractivity (Wildman–Crippen MR) is 114 cm³/mol. The maximum absolute atomic E-state index is 12.7. The number of piperazine rings is 1. The molecule has 0 aromatic heterocycles. The van der Waals surface area contributed by atoms with Gasteiger partial charge in [-0.15, -0.1) is 0 Å². The topological polar surface area (TPSA) is 62.1 Å². The molecular formula is C22H30N3O3S+. The van der Waals surface area contributed by atoms with E-state index in [1.807, 2.05) is 37.4 Å². The number of sulfonamides is 1. The monoisotopic (exact) mass is 416 g/mol. The van der Waals surface area contributed by atoms with Crippen LogP contribution in [0.1, 0.15) is 16.7 Å². The second-order valence-corrected chi connectivity index (χ2v) is 9.79. The number of hydrogen-bond acceptors (Lipinski definition) is 3. The number of carbonyl (C=O) groups is 1. The molecule has 1 fully saturated rings. The van der Waals surface area contributed by atoms with E-state index in [2.05, 4.69) is 31.2 Å². The predicted octanol–water partition coefficient (Wildman–Crippen LogP) is 0.684. The van der Waals surface area contributed by atoms with Gasteiger partial charge in [0.05, 0.1) is 12.8 Å².